The minimum atomic E-state index is -1.41. The number of hydrogen-bond donors (Lipinski definition) is 0. The molecule has 6 nitrogen and oxygen atoms in total. The van der Waals surface area contributed by atoms with Crippen LogP contribution in [-0.2, 0) is 28.6 Å². The summed E-state index contributed by atoms with van der Waals surface area (Å²) in [5, 5.41) is 0. The lowest BCUT2D eigenvalue weighted by Crippen LogP contribution is -2.58. The number of rotatable bonds is 3. The van der Waals surface area contributed by atoms with E-state index in [4.69, 9.17) is 14.2 Å². The highest BCUT2D eigenvalue weighted by atomic mass is 16.6. The molecule has 0 unspecified atom stereocenters. The van der Waals surface area contributed by atoms with Crippen molar-refractivity contribution in [3.63, 3.8) is 0 Å². The van der Waals surface area contributed by atoms with Gasteiger partial charge in [0, 0.05) is 0 Å². The summed E-state index contributed by atoms with van der Waals surface area (Å²) in [4.78, 5) is 38.3. The summed E-state index contributed by atoms with van der Waals surface area (Å²) in [5.74, 6) is -1.77. The van der Waals surface area contributed by atoms with E-state index in [0.29, 0.717) is 12.8 Å². The van der Waals surface area contributed by atoms with Crippen molar-refractivity contribution in [3.05, 3.63) is 11.6 Å². The SMILES string of the molecule is COC(=O)C1(C(=O)OC)C=C2[C@H]3[C@H]([C@H](C(=O)OC(C)(C)C)CC[C@H]31)C2(C)C. The molecule has 3 rings (SSSR count). The molecular weight excluding hydrogens is 348 g/mol. The number of carbonyl (C=O) groups excluding carboxylic acids is 3. The topological polar surface area (TPSA) is 78.9 Å². The summed E-state index contributed by atoms with van der Waals surface area (Å²) in [6.07, 6.45) is 2.93. The van der Waals surface area contributed by atoms with Crippen molar-refractivity contribution in [1.29, 1.82) is 0 Å². The molecule has 0 aliphatic heterocycles. The van der Waals surface area contributed by atoms with Crippen LogP contribution < -0.4 is 0 Å². The fourth-order valence-corrected chi connectivity index (χ4v) is 5.74. The average molecular weight is 378 g/mol. The average Bonchev–Trinajstić information content (AvgIpc) is 2.94. The first-order valence-electron chi connectivity index (χ1n) is 9.54. The zero-order chi connectivity index (χ0) is 20.4. The molecule has 0 aromatic carbocycles. The molecule has 0 aromatic rings. The van der Waals surface area contributed by atoms with Crippen molar-refractivity contribution < 1.29 is 28.6 Å². The van der Waals surface area contributed by atoms with Crippen molar-refractivity contribution in [2.45, 2.75) is 53.1 Å². The van der Waals surface area contributed by atoms with Crippen LogP contribution in [0.5, 0.6) is 0 Å². The second kappa shape index (κ2) is 6.08. The molecule has 2 saturated carbocycles. The smallest absolute Gasteiger partial charge is 0.327 e. The standard InChI is InChI=1S/C21H30O6/c1-19(2,3)27-16(22)11-8-9-12-14-13(20(4,5)15(11)14)10-21(12,17(23)25-6)18(24)26-7/h10-12,14-15H,8-9H2,1-7H3/t11-,12-,14+,15+/m1/s1. The number of carbonyl (C=O) groups is 3. The first-order valence-corrected chi connectivity index (χ1v) is 9.54. The fourth-order valence-electron chi connectivity index (χ4n) is 5.74. The molecule has 150 valence electrons. The molecule has 0 saturated heterocycles. The molecule has 4 atom stereocenters. The Morgan fingerprint density at radius 1 is 1.04 bits per heavy atom. The molecule has 27 heavy (non-hydrogen) atoms. The molecule has 0 amide bonds. The highest BCUT2D eigenvalue weighted by Crippen LogP contribution is 2.72. The third kappa shape index (κ3) is 2.63. The summed E-state index contributed by atoms with van der Waals surface area (Å²) in [7, 11) is 2.58. The largest absolute Gasteiger partial charge is 0.468 e. The van der Waals surface area contributed by atoms with E-state index in [1.807, 2.05) is 20.8 Å². The van der Waals surface area contributed by atoms with E-state index < -0.39 is 23.0 Å². The van der Waals surface area contributed by atoms with E-state index >= 15 is 0 Å². The Morgan fingerprint density at radius 2 is 1.59 bits per heavy atom. The molecule has 3 aliphatic carbocycles. The summed E-state index contributed by atoms with van der Waals surface area (Å²) in [6.45, 7) is 9.74. The van der Waals surface area contributed by atoms with Crippen LogP contribution in [0.3, 0.4) is 0 Å². The van der Waals surface area contributed by atoms with E-state index in [2.05, 4.69) is 13.8 Å². The van der Waals surface area contributed by atoms with Gasteiger partial charge in [-0.1, -0.05) is 25.5 Å². The van der Waals surface area contributed by atoms with Crippen molar-refractivity contribution in [2.75, 3.05) is 14.2 Å². The van der Waals surface area contributed by atoms with Gasteiger partial charge in [-0.15, -0.1) is 0 Å². The number of hydrogen-bond acceptors (Lipinski definition) is 6. The van der Waals surface area contributed by atoms with Crippen LogP contribution in [-0.4, -0.2) is 37.7 Å². The summed E-state index contributed by atoms with van der Waals surface area (Å²) >= 11 is 0. The minimum Gasteiger partial charge on any atom is -0.468 e. The van der Waals surface area contributed by atoms with Gasteiger partial charge in [0.2, 0.25) is 0 Å². The van der Waals surface area contributed by atoms with Crippen LogP contribution in [0, 0.1) is 34.5 Å². The third-order valence-corrected chi connectivity index (χ3v) is 6.70. The minimum absolute atomic E-state index is 0.00414. The van der Waals surface area contributed by atoms with Gasteiger partial charge in [-0.3, -0.25) is 14.4 Å². The maximum atomic E-state index is 12.8. The molecular formula is C21H30O6. The monoisotopic (exact) mass is 378 g/mol. The Hall–Kier alpha value is -1.85. The van der Waals surface area contributed by atoms with Gasteiger partial charge in [-0.05, 0) is 56.8 Å². The van der Waals surface area contributed by atoms with Gasteiger partial charge in [0.1, 0.15) is 5.60 Å². The Morgan fingerprint density at radius 3 is 2.07 bits per heavy atom. The van der Waals surface area contributed by atoms with Crippen LogP contribution in [0.1, 0.15) is 47.5 Å². The number of methoxy groups -OCH3 is 2. The van der Waals surface area contributed by atoms with Crippen molar-refractivity contribution in [2.24, 2.45) is 34.5 Å². The molecule has 0 bridgehead atoms. The van der Waals surface area contributed by atoms with E-state index in [1.165, 1.54) is 14.2 Å². The molecule has 0 N–H and O–H groups in total. The quantitative estimate of drug-likeness (QED) is 0.325. The predicted octanol–water partition coefficient (Wildman–Crippen LogP) is 2.90. The van der Waals surface area contributed by atoms with Crippen molar-refractivity contribution in [1.82, 2.24) is 0 Å². The van der Waals surface area contributed by atoms with E-state index in [9.17, 15) is 14.4 Å². The highest BCUT2D eigenvalue weighted by molar-refractivity contribution is 6.04. The zero-order valence-electron chi connectivity index (χ0n) is 17.3. The van der Waals surface area contributed by atoms with Gasteiger partial charge in [0.05, 0.1) is 20.1 Å². The predicted molar refractivity (Wildman–Crippen MR) is 97.4 cm³/mol. The number of allylic oxidation sites excluding steroid dienone is 1. The Labute approximate surface area is 160 Å². The molecule has 6 heteroatoms. The fraction of sp³-hybridized carbons (Fsp3) is 0.762. The molecule has 0 heterocycles. The van der Waals surface area contributed by atoms with E-state index in [1.54, 1.807) is 6.08 Å². The number of ether oxygens (including phenoxy) is 3. The lowest BCUT2D eigenvalue weighted by Gasteiger charge is -2.60. The van der Waals surface area contributed by atoms with Gasteiger partial charge in [0.15, 0.2) is 5.41 Å². The van der Waals surface area contributed by atoms with E-state index in [-0.39, 0.29) is 35.1 Å². The molecule has 2 fully saturated rings. The van der Waals surface area contributed by atoms with Crippen LogP contribution in [0.2, 0.25) is 0 Å². The molecule has 0 spiro atoms. The molecule has 0 aromatic heterocycles. The van der Waals surface area contributed by atoms with Gasteiger partial charge >= 0.3 is 17.9 Å². The van der Waals surface area contributed by atoms with Gasteiger partial charge < -0.3 is 14.2 Å². The van der Waals surface area contributed by atoms with Crippen LogP contribution in [0.15, 0.2) is 11.6 Å². The van der Waals surface area contributed by atoms with Crippen LogP contribution in [0.4, 0.5) is 0 Å². The zero-order valence-corrected chi connectivity index (χ0v) is 17.3. The highest BCUT2D eigenvalue weighted by Gasteiger charge is 2.72. The first kappa shape index (κ1) is 19.9. The van der Waals surface area contributed by atoms with Gasteiger partial charge in [0.25, 0.3) is 0 Å². The van der Waals surface area contributed by atoms with Gasteiger partial charge in [-0.2, -0.15) is 0 Å². The van der Waals surface area contributed by atoms with Gasteiger partial charge in [-0.25, -0.2) is 0 Å². The Kier molecular flexibility index (Phi) is 4.48. The Bertz CT molecular complexity index is 695. The first-order chi connectivity index (χ1) is 12.4. The summed E-state index contributed by atoms with van der Waals surface area (Å²) in [6, 6.07) is 0. The van der Waals surface area contributed by atoms with Crippen LogP contribution >= 0.6 is 0 Å². The normalized spacial score (nSPS) is 32.5. The lowest BCUT2D eigenvalue weighted by atomic mass is 9.43. The second-order valence-corrected chi connectivity index (χ2v) is 9.55. The third-order valence-electron chi connectivity index (χ3n) is 6.70. The van der Waals surface area contributed by atoms with Crippen molar-refractivity contribution in [3.8, 4) is 0 Å². The maximum Gasteiger partial charge on any atom is 0.327 e. The van der Waals surface area contributed by atoms with Crippen LogP contribution in [0.25, 0.3) is 0 Å². The summed E-state index contributed by atoms with van der Waals surface area (Å²) in [5.41, 5.74) is -1.18. The second-order valence-electron chi connectivity index (χ2n) is 9.55. The summed E-state index contributed by atoms with van der Waals surface area (Å²) < 4.78 is 15.7. The van der Waals surface area contributed by atoms with E-state index in [0.717, 1.165) is 5.57 Å². The molecule has 0 radical (unpaired) electrons. The lowest BCUT2D eigenvalue weighted by molar-refractivity contribution is -0.179. The molecule has 3 aliphatic rings. The Balaban J connectivity index is 2.00. The van der Waals surface area contributed by atoms with Crippen molar-refractivity contribution >= 4 is 17.9 Å². The number of esters is 3. The maximum absolute atomic E-state index is 12.8.